The lowest BCUT2D eigenvalue weighted by Crippen LogP contribution is -2.40. The van der Waals surface area contributed by atoms with Gasteiger partial charge in [0.2, 0.25) is 0 Å². The fourth-order valence-corrected chi connectivity index (χ4v) is 5.70. The summed E-state index contributed by atoms with van der Waals surface area (Å²) in [4.78, 5) is 32.4. The van der Waals surface area contributed by atoms with Crippen molar-refractivity contribution in [2.45, 2.75) is 53.2 Å². The van der Waals surface area contributed by atoms with E-state index in [2.05, 4.69) is 11.6 Å². The van der Waals surface area contributed by atoms with E-state index in [9.17, 15) is 14.7 Å². The van der Waals surface area contributed by atoms with Crippen LogP contribution in [0, 0.1) is 0 Å². The molecule has 1 aliphatic rings. The summed E-state index contributed by atoms with van der Waals surface area (Å²) in [5, 5.41) is 10.6. The van der Waals surface area contributed by atoms with Crippen molar-refractivity contribution in [1.82, 2.24) is 4.57 Å². The molecule has 1 aromatic heterocycles. The highest BCUT2D eigenvalue weighted by molar-refractivity contribution is 7.07. The highest BCUT2D eigenvalue weighted by atomic mass is 32.1. The number of rotatable bonds is 10. The van der Waals surface area contributed by atoms with E-state index in [4.69, 9.17) is 14.2 Å². The Kier molecular flexibility index (Phi) is 8.94. The predicted molar refractivity (Wildman–Crippen MR) is 156 cm³/mol. The summed E-state index contributed by atoms with van der Waals surface area (Å²) in [6.45, 7) is 13.5. The molecule has 0 saturated carbocycles. The van der Waals surface area contributed by atoms with Crippen LogP contribution in [0.3, 0.4) is 0 Å². The van der Waals surface area contributed by atoms with Crippen LogP contribution in [0.1, 0.15) is 57.4 Å². The zero-order valence-electron chi connectivity index (χ0n) is 23.4. The van der Waals surface area contributed by atoms with Crippen molar-refractivity contribution >= 4 is 23.4 Å². The molecule has 0 fully saturated rings. The minimum Gasteiger partial charge on any atom is -0.504 e. The van der Waals surface area contributed by atoms with E-state index in [0.29, 0.717) is 56.2 Å². The van der Waals surface area contributed by atoms with Crippen LogP contribution < -0.4 is 24.4 Å². The van der Waals surface area contributed by atoms with Crippen LogP contribution in [0.5, 0.6) is 17.2 Å². The molecule has 8 nitrogen and oxygen atoms in total. The molecule has 3 aromatic rings. The Bertz CT molecular complexity index is 1650. The number of carbonyl (C=O) groups excluding carboxylic acids is 1. The lowest BCUT2D eigenvalue weighted by Gasteiger charge is -2.26. The first kappa shape index (κ1) is 28.9. The van der Waals surface area contributed by atoms with E-state index in [1.165, 1.54) is 15.9 Å². The van der Waals surface area contributed by atoms with Crippen LogP contribution in [-0.2, 0) is 16.0 Å². The van der Waals surface area contributed by atoms with Crippen LogP contribution in [0.25, 0.3) is 6.08 Å². The molecule has 0 spiro atoms. The number of ether oxygens (including phenoxy) is 3. The molecule has 0 amide bonds. The number of aromatic nitrogens is 1. The summed E-state index contributed by atoms with van der Waals surface area (Å²) in [5.74, 6) is 0.426. The molecule has 2 heterocycles. The molecule has 2 aromatic carbocycles. The minimum absolute atomic E-state index is 0.0526. The van der Waals surface area contributed by atoms with Crippen LogP contribution in [-0.4, -0.2) is 35.0 Å². The summed E-state index contributed by atoms with van der Waals surface area (Å²) in [6, 6.07) is 10.1. The number of esters is 1. The van der Waals surface area contributed by atoms with Gasteiger partial charge in [-0.15, -0.1) is 6.58 Å². The summed E-state index contributed by atoms with van der Waals surface area (Å²) in [7, 11) is 0. The van der Waals surface area contributed by atoms with E-state index < -0.39 is 12.0 Å². The molecule has 1 atom stereocenters. The van der Waals surface area contributed by atoms with Gasteiger partial charge >= 0.3 is 5.97 Å². The monoisotopic (exact) mass is 562 g/mol. The third kappa shape index (κ3) is 5.74. The van der Waals surface area contributed by atoms with Gasteiger partial charge in [-0.2, -0.15) is 0 Å². The van der Waals surface area contributed by atoms with E-state index in [-0.39, 0.29) is 29.6 Å². The molecule has 0 radical (unpaired) electrons. The number of phenols is 1. The van der Waals surface area contributed by atoms with Gasteiger partial charge in [-0.25, -0.2) is 9.79 Å². The van der Waals surface area contributed by atoms with Crippen molar-refractivity contribution in [2.75, 3.05) is 13.2 Å². The predicted octanol–water partition coefficient (Wildman–Crippen LogP) is 4.42. The highest BCUT2D eigenvalue weighted by Crippen LogP contribution is 2.36. The van der Waals surface area contributed by atoms with Gasteiger partial charge in [0.1, 0.15) is 11.8 Å². The molecule has 4 rings (SSSR count). The Hall–Kier alpha value is -4.11. The zero-order chi connectivity index (χ0) is 29.0. The number of thiazole rings is 1. The number of para-hydroxylation sites is 1. The Labute approximate surface area is 237 Å². The van der Waals surface area contributed by atoms with Gasteiger partial charge in [-0.05, 0) is 70.9 Å². The molecular weight excluding hydrogens is 528 g/mol. The van der Waals surface area contributed by atoms with Crippen molar-refractivity contribution in [3.05, 3.63) is 96.7 Å². The molecule has 40 heavy (non-hydrogen) atoms. The number of fused-ring (bicyclic) bond motifs is 1. The Morgan fingerprint density at radius 1 is 1.20 bits per heavy atom. The van der Waals surface area contributed by atoms with Crippen molar-refractivity contribution < 1.29 is 24.1 Å². The van der Waals surface area contributed by atoms with Gasteiger partial charge in [0.25, 0.3) is 5.56 Å². The summed E-state index contributed by atoms with van der Waals surface area (Å²) in [6.07, 6.45) is 3.75. The Morgan fingerprint density at radius 2 is 1.95 bits per heavy atom. The third-order valence-electron chi connectivity index (χ3n) is 6.23. The van der Waals surface area contributed by atoms with Crippen LogP contribution >= 0.6 is 11.3 Å². The van der Waals surface area contributed by atoms with Gasteiger partial charge in [-0.1, -0.05) is 35.6 Å². The quantitative estimate of drug-likeness (QED) is 0.290. The molecule has 210 valence electrons. The first-order valence-electron chi connectivity index (χ1n) is 13.2. The molecule has 1 aliphatic heterocycles. The standard InChI is InChI=1S/C31H34N2O6S/c1-7-12-21-15-20(16-24(28(21)34)37-8-2)17-25-29(35)33-27(22-13-10-11-14-23(22)39-18(4)5)26(30(36)38-9-3)19(6)32-31(33)40-25/h7,10-11,13-18,27,34H,1,8-9,12H2,2-6H3/b25-17-. The SMILES string of the molecule is C=CCc1cc(/C=c2\sc3n(c2=O)C(c2ccccc2OC(C)C)C(C(=O)OCC)=C(C)N=3)cc(OCC)c1O. The molecule has 9 heteroatoms. The molecule has 1 N–H and O–H groups in total. The smallest absolute Gasteiger partial charge is 0.338 e. The van der Waals surface area contributed by atoms with E-state index in [0.717, 1.165) is 0 Å². The number of carbonyl (C=O) groups is 1. The lowest BCUT2D eigenvalue weighted by atomic mass is 9.95. The van der Waals surface area contributed by atoms with E-state index in [1.54, 1.807) is 38.1 Å². The maximum Gasteiger partial charge on any atom is 0.338 e. The topological polar surface area (TPSA) is 99.4 Å². The minimum atomic E-state index is -0.789. The number of aromatic hydroxyl groups is 1. The first-order chi connectivity index (χ1) is 19.2. The summed E-state index contributed by atoms with van der Waals surface area (Å²) < 4.78 is 19.1. The van der Waals surface area contributed by atoms with E-state index in [1.807, 2.05) is 45.0 Å². The van der Waals surface area contributed by atoms with Gasteiger partial charge in [-0.3, -0.25) is 9.36 Å². The number of benzene rings is 2. The normalized spacial score (nSPS) is 15.1. The second-order valence-corrected chi connectivity index (χ2v) is 10.5. The largest absolute Gasteiger partial charge is 0.504 e. The Balaban J connectivity index is 1.97. The summed E-state index contributed by atoms with van der Waals surface area (Å²) in [5.41, 5.74) is 2.45. The lowest BCUT2D eigenvalue weighted by molar-refractivity contribution is -0.139. The Morgan fingerprint density at radius 3 is 2.62 bits per heavy atom. The van der Waals surface area contributed by atoms with Gasteiger partial charge in [0.05, 0.1) is 35.1 Å². The van der Waals surface area contributed by atoms with Crippen molar-refractivity contribution in [3.63, 3.8) is 0 Å². The fraction of sp³-hybridized carbons (Fsp3) is 0.323. The second-order valence-electron chi connectivity index (χ2n) is 9.46. The van der Waals surface area contributed by atoms with E-state index >= 15 is 0 Å². The molecule has 1 unspecified atom stereocenters. The molecular formula is C31H34N2O6S. The van der Waals surface area contributed by atoms with Crippen molar-refractivity contribution in [3.8, 4) is 17.2 Å². The van der Waals surface area contributed by atoms with Gasteiger partial charge < -0.3 is 19.3 Å². The highest BCUT2D eigenvalue weighted by Gasteiger charge is 2.35. The maximum atomic E-state index is 14.0. The summed E-state index contributed by atoms with van der Waals surface area (Å²) >= 11 is 1.23. The van der Waals surface area contributed by atoms with Crippen LogP contribution in [0.15, 0.2) is 70.1 Å². The van der Waals surface area contributed by atoms with Crippen molar-refractivity contribution in [2.24, 2.45) is 4.99 Å². The average Bonchev–Trinajstić information content (AvgIpc) is 3.20. The molecule has 0 saturated heterocycles. The first-order valence-corrected chi connectivity index (χ1v) is 14.1. The number of hydrogen-bond donors (Lipinski definition) is 1. The number of hydrogen-bond acceptors (Lipinski definition) is 8. The number of allylic oxidation sites excluding steroid dienone is 2. The van der Waals surface area contributed by atoms with Crippen LogP contribution in [0.4, 0.5) is 0 Å². The van der Waals surface area contributed by atoms with Crippen LogP contribution in [0.2, 0.25) is 0 Å². The second kappa shape index (κ2) is 12.4. The third-order valence-corrected chi connectivity index (χ3v) is 7.21. The number of nitrogens with zero attached hydrogens (tertiary/aromatic N) is 2. The maximum absolute atomic E-state index is 14.0. The average molecular weight is 563 g/mol. The molecule has 0 bridgehead atoms. The van der Waals surface area contributed by atoms with Gasteiger partial charge in [0.15, 0.2) is 16.3 Å². The number of phenolic OH excluding ortho intramolecular Hbond substituents is 1. The van der Waals surface area contributed by atoms with Crippen molar-refractivity contribution in [1.29, 1.82) is 0 Å². The van der Waals surface area contributed by atoms with Gasteiger partial charge in [0, 0.05) is 11.1 Å². The fourth-order valence-electron chi connectivity index (χ4n) is 4.65. The zero-order valence-corrected chi connectivity index (χ0v) is 24.2. The molecule has 0 aliphatic carbocycles.